The number of nitrogens with zero attached hydrogens (tertiary/aromatic N) is 2. The van der Waals surface area contributed by atoms with Crippen molar-refractivity contribution in [2.75, 3.05) is 30.7 Å². The number of nitrogen functional groups attached to an aromatic ring is 1. The van der Waals surface area contributed by atoms with Gasteiger partial charge in [0.25, 0.3) is 0 Å². The molecule has 0 saturated carbocycles. The average molecular weight is 280 g/mol. The maximum absolute atomic E-state index is 11.8. The fourth-order valence-electron chi connectivity index (χ4n) is 1.78. The van der Waals surface area contributed by atoms with Gasteiger partial charge in [0.2, 0.25) is 5.91 Å². The van der Waals surface area contributed by atoms with E-state index in [1.807, 2.05) is 13.8 Å². The summed E-state index contributed by atoms with van der Waals surface area (Å²) in [4.78, 5) is 28.4. The lowest BCUT2D eigenvalue weighted by molar-refractivity contribution is -0.130. The highest BCUT2D eigenvalue weighted by Gasteiger charge is 2.11. The number of hydrogen-bond acceptors (Lipinski definition) is 5. The Hall–Kier alpha value is -2.31. The molecule has 0 aliphatic rings. The maximum atomic E-state index is 11.8. The van der Waals surface area contributed by atoms with Gasteiger partial charge in [-0.1, -0.05) is 0 Å². The van der Waals surface area contributed by atoms with E-state index in [0.29, 0.717) is 31.9 Å². The number of carbonyl (C=O) groups is 2. The highest BCUT2D eigenvalue weighted by atomic mass is 16.4. The van der Waals surface area contributed by atoms with E-state index in [0.717, 1.165) is 0 Å². The van der Waals surface area contributed by atoms with Crippen LogP contribution in [-0.2, 0) is 4.79 Å². The fraction of sp³-hybridized carbons (Fsp3) is 0.462. The van der Waals surface area contributed by atoms with Crippen LogP contribution in [0.15, 0.2) is 12.3 Å². The molecule has 0 aliphatic heterocycles. The molecule has 0 atom stereocenters. The summed E-state index contributed by atoms with van der Waals surface area (Å²) in [5.74, 6) is -0.660. The standard InChI is InChI=1S/C13H20N4O3/c1-3-17(4-2)12(18)5-6-15-11-7-9(13(19)20)10(14)8-16-11/h7-8H,3-6,14H2,1-2H3,(H,15,16)(H,19,20). The largest absolute Gasteiger partial charge is 0.478 e. The summed E-state index contributed by atoms with van der Waals surface area (Å²) >= 11 is 0. The second kappa shape index (κ2) is 7.32. The molecule has 0 aromatic carbocycles. The summed E-state index contributed by atoms with van der Waals surface area (Å²) in [7, 11) is 0. The topological polar surface area (TPSA) is 109 Å². The normalized spacial score (nSPS) is 10.1. The molecule has 0 unspecified atom stereocenters. The summed E-state index contributed by atoms with van der Waals surface area (Å²) < 4.78 is 0. The SMILES string of the molecule is CCN(CC)C(=O)CCNc1cc(C(=O)O)c(N)cn1. The van der Waals surface area contributed by atoms with Crippen LogP contribution >= 0.6 is 0 Å². The minimum atomic E-state index is -1.10. The van der Waals surface area contributed by atoms with Crippen LogP contribution in [-0.4, -0.2) is 46.5 Å². The number of aromatic carboxylic acids is 1. The van der Waals surface area contributed by atoms with Gasteiger partial charge in [-0.15, -0.1) is 0 Å². The van der Waals surface area contributed by atoms with Crippen molar-refractivity contribution < 1.29 is 14.7 Å². The molecule has 0 aliphatic carbocycles. The first-order valence-electron chi connectivity index (χ1n) is 6.50. The van der Waals surface area contributed by atoms with E-state index in [4.69, 9.17) is 10.8 Å². The molecule has 1 aromatic rings. The van der Waals surface area contributed by atoms with Gasteiger partial charge in [-0.05, 0) is 19.9 Å². The minimum absolute atomic E-state index is 0.00225. The molecule has 1 amide bonds. The molecular weight excluding hydrogens is 260 g/mol. The van der Waals surface area contributed by atoms with Crippen LogP contribution in [0.1, 0.15) is 30.6 Å². The summed E-state index contributed by atoms with van der Waals surface area (Å²) in [5.41, 5.74) is 5.62. The number of anilines is 2. The van der Waals surface area contributed by atoms with Gasteiger partial charge in [0.05, 0.1) is 17.4 Å². The van der Waals surface area contributed by atoms with Gasteiger partial charge in [0.1, 0.15) is 5.82 Å². The molecule has 1 heterocycles. The third-order valence-electron chi connectivity index (χ3n) is 2.93. The van der Waals surface area contributed by atoms with Crippen molar-refractivity contribution in [2.24, 2.45) is 0 Å². The van der Waals surface area contributed by atoms with Crippen LogP contribution in [0.25, 0.3) is 0 Å². The Labute approximate surface area is 117 Å². The molecule has 7 nitrogen and oxygen atoms in total. The van der Waals surface area contributed by atoms with Gasteiger partial charge in [0, 0.05) is 26.1 Å². The third kappa shape index (κ3) is 4.11. The Bertz CT molecular complexity index is 487. The van der Waals surface area contributed by atoms with E-state index in [2.05, 4.69) is 10.3 Å². The van der Waals surface area contributed by atoms with Crippen LogP contribution in [0.4, 0.5) is 11.5 Å². The Kier molecular flexibility index (Phi) is 5.76. The summed E-state index contributed by atoms with van der Waals surface area (Å²) in [6.45, 7) is 5.60. The lowest BCUT2D eigenvalue weighted by Crippen LogP contribution is -2.31. The molecular formula is C13H20N4O3. The van der Waals surface area contributed by atoms with Gasteiger partial charge in [-0.3, -0.25) is 4.79 Å². The number of hydrogen-bond donors (Lipinski definition) is 3. The highest BCUT2D eigenvalue weighted by molar-refractivity contribution is 5.94. The number of pyridine rings is 1. The zero-order chi connectivity index (χ0) is 15.1. The van der Waals surface area contributed by atoms with Crippen molar-refractivity contribution in [1.29, 1.82) is 0 Å². The molecule has 0 radical (unpaired) electrons. The molecule has 0 fully saturated rings. The van der Waals surface area contributed by atoms with E-state index in [-0.39, 0.29) is 17.2 Å². The van der Waals surface area contributed by atoms with Crippen LogP contribution in [0.2, 0.25) is 0 Å². The molecule has 0 spiro atoms. The number of aromatic nitrogens is 1. The first kappa shape index (κ1) is 15.7. The van der Waals surface area contributed by atoms with Gasteiger partial charge in [-0.25, -0.2) is 9.78 Å². The van der Waals surface area contributed by atoms with E-state index < -0.39 is 5.97 Å². The van der Waals surface area contributed by atoms with Gasteiger partial charge < -0.3 is 21.1 Å². The second-order valence-electron chi connectivity index (χ2n) is 4.20. The monoisotopic (exact) mass is 280 g/mol. The van der Waals surface area contributed by atoms with Crippen molar-refractivity contribution >= 4 is 23.4 Å². The van der Waals surface area contributed by atoms with Gasteiger partial charge >= 0.3 is 5.97 Å². The summed E-state index contributed by atoms with van der Waals surface area (Å²) in [6, 6.07) is 1.36. The molecule has 0 bridgehead atoms. The third-order valence-corrected chi connectivity index (χ3v) is 2.93. The Balaban J connectivity index is 2.56. The molecule has 7 heteroatoms. The van der Waals surface area contributed by atoms with Crippen molar-refractivity contribution in [3.8, 4) is 0 Å². The number of nitrogens with one attached hydrogen (secondary N) is 1. The average Bonchev–Trinajstić information content (AvgIpc) is 2.41. The van der Waals surface area contributed by atoms with E-state index in [9.17, 15) is 9.59 Å². The number of amides is 1. The summed E-state index contributed by atoms with van der Waals surface area (Å²) in [5, 5.41) is 11.9. The number of nitrogens with two attached hydrogens (primary N) is 1. The van der Waals surface area contributed by atoms with Crippen LogP contribution in [0.3, 0.4) is 0 Å². The Morgan fingerprint density at radius 1 is 1.40 bits per heavy atom. The second-order valence-corrected chi connectivity index (χ2v) is 4.20. The molecule has 1 rings (SSSR count). The molecule has 110 valence electrons. The lowest BCUT2D eigenvalue weighted by Gasteiger charge is -2.18. The fourth-order valence-corrected chi connectivity index (χ4v) is 1.78. The number of carbonyl (C=O) groups excluding carboxylic acids is 1. The lowest BCUT2D eigenvalue weighted by atomic mass is 10.2. The smallest absolute Gasteiger partial charge is 0.337 e. The number of rotatable bonds is 7. The molecule has 20 heavy (non-hydrogen) atoms. The number of carboxylic acid groups (broad SMARTS) is 1. The predicted octanol–water partition coefficient (Wildman–Crippen LogP) is 1.03. The first-order valence-corrected chi connectivity index (χ1v) is 6.50. The van der Waals surface area contributed by atoms with Crippen molar-refractivity contribution in [3.63, 3.8) is 0 Å². The van der Waals surface area contributed by atoms with Crippen molar-refractivity contribution in [3.05, 3.63) is 17.8 Å². The zero-order valence-electron chi connectivity index (χ0n) is 11.7. The zero-order valence-corrected chi connectivity index (χ0v) is 11.7. The quantitative estimate of drug-likeness (QED) is 0.688. The van der Waals surface area contributed by atoms with Gasteiger partial charge in [0.15, 0.2) is 0 Å². The van der Waals surface area contributed by atoms with E-state index in [1.54, 1.807) is 4.90 Å². The Morgan fingerprint density at radius 2 is 2.05 bits per heavy atom. The molecule has 0 saturated heterocycles. The molecule has 1 aromatic heterocycles. The van der Waals surface area contributed by atoms with E-state index in [1.165, 1.54) is 12.3 Å². The first-order chi connectivity index (χ1) is 9.49. The van der Waals surface area contributed by atoms with Crippen molar-refractivity contribution in [1.82, 2.24) is 9.88 Å². The van der Waals surface area contributed by atoms with E-state index >= 15 is 0 Å². The molecule has 4 N–H and O–H groups in total. The van der Waals surface area contributed by atoms with Gasteiger partial charge in [-0.2, -0.15) is 0 Å². The maximum Gasteiger partial charge on any atom is 0.337 e. The number of carboxylic acids is 1. The highest BCUT2D eigenvalue weighted by Crippen LogP contribution is 2.14. The Morgan fingerprint density at radius 3 is 2.60 bits per heavy atom. The minimum Gasteiger partial charge on any atom is -0.478 e. The van der Waals surface area contributed by atoms with Crippen LogP contribution in [0, 0.1) is 0 Å². The van der Waals surface area contributed by atoms with Crippen LogP contribution < -0.4 is 11.1 Å². The summed E-state index contributed by atoms with van der Waals surface area (Å²) in [6.07, 6.45) is 1.62. The predicted molar refractivity (Wildman–Crippen MR) is 76.6 cm³/mol. The van der Waals surface area contributed by atoms with Crippen molar-refractivity contribution in [2.45, 2.75) is 20.3 Å². The van der Waals surface area contributed by atoms with Crippen LogP contribution in [0.5, 0.6) is 0 Å².